The van der Waals surface area contributed by atoms with Gasteiger partial charge in [-0.1, -0.05) is 6.92 Å². The maximum absolute atomic E-state index is 12.7. The molecule has 1 N–H and O–H groups in total. The zero-order chi connectivity index (χ0) is 19.0. The molecule has 0 radical (unpaired) electrons. The number of amides is 2. The molecule has 1 unspecified atom stereocenters. The van der Waals surface area contributed by atoms with Crippen LogP contribution in [-0.2, 0) is 21.6 Å². The fourth-order valence-corrected chi connectivity index (χ4v) is 5.88. The average molecular weight is 392 g/mol. The van der Waals surface area contributed by atoms with E-state index >= 15 is 0 Å². The van der Waals surface area contributed by atoms with Crippen LogP contribution >= 0.6 is 11.3 Å². The molecule has 3 aliphatic rings. The first kappa shape index (κ1) is 18.9. The van der Waals surface area contributed by atoms with Gasteiger partial charge in [0.15, 0.2) is 0 Å². The molecule has 0 aliphatic carbocycles. The van der Waals surface area contributed by atoms with E-state index < -0.39 is 0 Å². The Balaban J connectivity index is 1.43. The third kappa shape index (κ3) is 3.65. The van der Waals surface area contributed by atoms with Crippen molar-refractivity contribution in [1.82, 2.24) is 15.1 Å². The second kappa shape index (κ2) is 7.53. The lowest BCUT2D eigenvalue weighted by Gasteiger charge is -2.43. The number of nitrogens with zero attached hydrogens (tertiary/aromatic N) is 2. The van der Waals surface area contributed by atoms with Crippen LogP contribution in [0.3, 0.4) is 0 Å². The molecule has 2 saturated heterocycles. The van der Waals surface area contributed by atoms with Gasteiger partial charge in [-0.05, 0) is 37.4 Å². The Bertz CT molecular complexity index is 724. The molecule has 4 heterocycles. The van der Waals surface area contributed by atoms with Gasteiger partial charge in [0.25, 0.3) is 5.91 Å². The van der Waals surface area contributed by atoms with Crippen LogP contribution in [0.5, 0.6) is 0 Å². The Morgan fingerprint density at radius 3 is 2.85 bits per heavy atom. The minimum atomic E-state index is -0.191. The van der Waals surface area contributed by atoms with Gasteiger partial charge in [0.1, 0.15) is 5.60 Å². The molecule has 0 aromatic carbocycles. The number of fused-ring (bicyclic) bond motifs is 2. The summed E-state index contributed by atoms with van der Waals surface area (Å²) in [5.41, 5.74) is 1.10. The van der Waals surface area contributed by atoms with E-state index in [9.17, 15) is 9.59 Å². The molecular weight excluding hydrogens is 362 g/mol. The molecule has 27 heavy (non-hydrogen) atoms. The number of ether oxygens (including phenoxy) is 1. The van der Waals surface area contributed by atoms with E-state index in [0.29, 0.717) is 13.0 Å². The zero-order valence-electron chi connectivity index (χ0n) is 16.3. The normalized spacial score (nSPS) is 25.0. The molecule has 1 aromatic rings. The lowest BCUT2D eigenvalue weighted by molar-refractivity contribution is -0.126. The van der Waals surface area contributed by atoms with Crippen LogP contribution < -0.4 is 5.32 Å². The van der Waals surface area contributed by atoms with Crippen molar-refractivity contribution in [2.75, 3.05) is 46.4 Å². The number of carbonyl (C=O) groups is 2. The second-order valence-electron chi connectivity index (χ2n) is 8.05. The van der Waals surface area contributed by atoms with Gasteiger partial charge in [0.05, 0.1) is 11.5 Å². The molecule has 148 valence electrons. The van der Waals surface area contributed by atoms with Gasteiger partial charge in [-0.15, -0.1) is 11.3 Å². The van der Waals surface area contributed by atoms with Gasteiger partial charge in [0, 0.05) is 50.4 Å². The number of carbonyl (C=O) groups excluding carboxylic acids is 2. The molecule has 0 bridgehead atoms. The van der Waals surface area contributed by atoms with Gasteiger partial charge >= 0.3 is 0 Å². The lowest BCUT2D eigenvalue weighted by atomic mass is 9.85. The van der Waals surface area contributed by atoms with Crippen LogP contribution in [0.4, 0.5) is 0 Å². The number of hydrogen-bond acceptors (Lipinski definition) is 5. The third-order valence-electron chi connectivity index (χ3n) is 6.28. The molecule has 1 atom stereocenters. The molecule has 2 amide bonds. The van der Waals surface area contributed by atoms with E-state index in [1.165, 1.54) is 10.4 Å². The van der Waals surface area contributed by atoms with Crippen molar-refractivity contribution in [1.29, 1.82) is 0 Å². The summed E-state index contributed by atoms with van der Waals surface area (Å²) in [6.45, 7) is 7.43. The highest BCUT2D eigenvalue weighted by atomic mass is 32.1. The zero-order valence-corrected chi connectivity index (χ0v) is 17.1. The predicted molar refractivity (Wildman–Crippen MR) is 105 cm³/mol. The molecule has 7 heteroatoms. The largest absolute Gasteiger partial charge is 0.369 e. The molecule has 2 fully saturated rings. The summed E-state index contributed by atoms with van der Waals surface area (Å²) in [5.74, 6) is 0.366. The first-order valence-electron chi connectivity index (χ1n) is 10.0. The van der Waals surface area contributed by atoms with Gasteiger partial charge in [-0.3, -0.25) is 9.59 Å². The number of rotatable bonds is 4. The summed E-state index contributed by atoms with van der Waals surface area (Å²) in [6.07, 6.45) is 3.43. The van der Waals surface area contributed by atoms with Crippen LogP contribution in [0, 0.1) is 5.92 Å². The van der Waals surface area contributed by atoms with Gasteiger partial charge in [-0.25, -0.2) is 0 Å². The quantitative estimate of drug-likeness (QED) is 0.851. The van der Waals surface area contributed by atoms with Crippen LogP contribution in [0.1, 0.15) is 46.3 Å². The van der Waals surface area contributed by atoms with Crippen LogP contribution in [0.15, 0.2) is 6.07 Å². The van der Waals surface area contributed by atoms with Crippen molar-refractivity contribution in [2.45, 2.75) is 38.2 Å². The maximum atomic E-state index is 12.7. The lowest BCUT2D eigenvalue weighted by Crippen LogP contribution is -2.45. The van der Waals surface area contributed by atoms with Crippen molar-refractivity contribution in [3.63, 3.8) is 0 Å². The van der Waals surface area contributed by atoms with Gasteiger partial charge in [0.2, 0.25) is 5.91 Å². The highest BCUT2D eigenvalue weighted by Crippen LogP contribution is 2.45. The highest BCUT2D eigenvalue weighted by molar-refractivity contribution is 7.14. The SMILES string of the molecule is CCN1CCC2(CC1)OCCc1cc(C(=O)NCC3CC(=O)N(C)C3)sc12. The van der Waals surface area contributed by atoms with Crippen molar-refractivity contribution in [3.05, 3.63) is 21.4 Å². The number of thiophene rings is 1. The van der Waals surface area contributed by atoms with E-state index in [0.717, 1.165) is 56.9 Å². The Kier molecular flexibility index (Phi) is 5.27. The topological polar surface area (TPSA) is 61.9 Å². The summed E-state index contributed by atoms with van der Waals surface area (Å²) in [6, 6.07) is 2.07. The van der Waals surface area contributed by atoms with E-state index in [1.54, 1.807) is 16.2 Å². The number of piperidine rings is 1. The highest BCUT2D eigenvalue weighted by Gasteiger charge is 2.42. The molecule has 3 aliphatic heterocycles. The summed E-state index contributed by atoms with van der Waals surface area (Å²) >= 11 is 1.61. The Labute approximate surface area is 164 Å². The molecule has 1 aromatic heterocycles. The minimum absolute atomic E-state index is 0.0162. The standard InChI is InChI=1S/C20H29N3O3S/c1-3-23-7-5-20(6-8-23)18-15(4-9-26-20)11-16(27-18)19(25)21-12-14-10-17(24)22(2)13-14/h11,14H,3-10,12-13H2,1-2H3,(H,21,25). The third-order valence-corrected chi connectivity index (χ3v) is 7.64. The fourth-order valence-electron chi connectivity index (χ4n) is 4.55. The van der Waals surface area contributed by atoms with Crippen LogP contribution in [0.25, 0.3) is 0 Å². The summed E-state index contributed by atoms with van der Waals surface area (Å²) in [5, 5.41) is 3.04. The monoisotopic (exact) mass is 391 g/mol. The molecule has 0 saturated carbocycles. The summed E-state index contributed by atoms with van der Waals surface area (Å²) in [4.78, 5) is 30.6. The molecule has 4 rings (SSSR count). The van der Waals surface area contributed by atoms with Crippen LogP contribution in [-0.4, -0.2) is 68.0 Å². The second-order valence-corrected chi connectivity index (χ2v) is 9.10. The van der Waals surface area contributed by atoms with E-state index in [1.807, 2.05) is 7.05 Å². The number of nitrogens with one attached hydrogen (secondary N) is 1. The Morgan fingerprint density at radius 2 is 2.19 bits per heavy atom. The van der Waals surface area contributed by atoms with Crippen molar-refractivity contribution < 1.29 is 14.3 Å². The van der Waals surface area contributed by atoms with Gasteiger partial charge in [-0.2, -0.15) is 0 Å². The van der Waals surface area contributed by atoms with E-state index in [4.69, 9.17) is 4.74 Å². The first-order valence-corrected chi connectivity index (χ1v) is 10.8. The average Bonchev–Trinajstić information content (AvgIpc) is 3.25. The number of likely N-dealkylation sites (tertiary alicyclic amines) is 2. The summed E-state index contributed by atoms with van der Waals surface area (Å²) < 4.78 is 6.29. The predicted octanol–water partition coefficient (Wildman–Crippen LogP) is 1.84. The van der Waals surface area contributed by atoms with Gasteiger partial charge < -0.3 is 19.9 Å². The molecular formula is C20H29N3O3S. The fraction of sp³-hybridized carbons (Fsp3) is 0.700. The Morgan fingerprint density at radius 1 is 1.41 bits per heavy atom. The summed E-state index contributed by atoms with van der Waals surface area (Å²) in [7, 11) is 1.82. The first-order chi connectivity index (χ1) is 13.0. The van der Waals surface area contributed by atoms with E-state index in [-0.39, 0.29) is 23.3 Å². The van der Waals surface area contributed by atoms with Crippen LogP contribution in [0.2, 0.25) is 0 Å². The van der Waals surface area contributed by atoms with Crippen molar-refractivity contribution >= 4 is 23.2 Å². The Hall–Kier alpha value is -1.44. The smallest absolute Gasteiger partial charge is 0.261 e. The van der Waals surface area contributed by atoms with Crippen molar-refractivity contribution in [2.24, 2.45) is 5.92 Å². The van der Waals surface area contributed by atoms with E-state index in [2.05, 4.69) is 23.2 Å². The number of hydrogen-bond donors (Lipinski definition) is 1. The molecule has 1 spiro atoms. The van der Waals surface area contributed by atoms with Crippen molar-refractivity contribution in [3.8, 4) is 0 Å². The maximum Gasteiger partial charge on any atom is 0.261 e. The molecule has 6 nitrogen and oxygen atoms in total. The minimum Gasteiger partial charge on any atom is -0.369 e.